The predicted octanol–water partition coefficient (Wildman–Crippen LogP) is 5.93. The summed E-state index contributed by atoms with van der Waals surface area (Å²) in [6, 6.07) is 11.0. The summed E-state index contributed by atoms with van der Waals surface area (Å²) >= 11 is 0. The number of anilines is 2. The number of benzene rings is 2. The molecule has 12 heteroatoms. The van der Waals surface area contributed by atoms with E-state index < -0.39 is 5.60 Å². The lowest BCUT2D eigenvalue weighted by atomic mass is 9.87. The van der Waals surface area contributed by atoms with E-state index in [1.165, 1.54) is 6.33 Å². The van der Waals surface area contributed by atoms with E-state index in [9.17, 15) is 9.59 Å². The Hall–Kier alpha value is -4.87. The van der Waals surface area contributed by atoms with Crippen molar-refractivity contribution in [3.8, 4) is 22.8 Å². The van der Waals surface area contributed by atoms with Crippen LogP contribution in [0.15, 0.2) is 42.7 Å². The van der Waals surface area contributed by atoms with Crippen molar-refractivity contribution >= 4 is 34.5 Å². The molecule has 2 aliphatic heterocycles. The Bertz CT molecular complexity index is 1770. The van der Waals surface area contributed by atoms with Gasteiger partial charge in [-0.2, -0.15) is 5.10 Å². The third-order valence-corrected chi connectivity index (χ3v) is 7.95. The molecule has 2 aromatic heterocycles. The zero-order chi connectivity index (χ0) is 32.1. The molecule has 1 atom stereocenters. The van der Waals surface area contributed by atoms with Crippen LogP contribution in [-0.4, -0.2) is 62.1 Å². The number of carbonyl (C=O) groups excluding carboxylic acids is 2. The normalized spacial score (nSPS) is 16.6. The van der Waals surface area contributed by atoms with Crippen LogP contribution >= 0.6 is 0 Å². The number of likely N-dealkylation sites (tertiary alicyclic amines) is 1. The smallest absolute Gasteiger partial charge is 0.410 e. The summed E-state index contributed by atoms with van der Waals surface area (Å²) in [5.41, 5.74) is 9.64. The minimum atomic E-state index is -0.595. The minimum absolute atomic E-state index is 0.0170. The average molecular weight is 614 g/mol. The number of amides is 2. The van der Waals surface area contributed by atoms with Gasteiger partial charge in [0.15, 0.2) is 17.1 Å². The summed E-state index contributed by atoms with van der Waals surface area (Å²) in [4.78, 5) is 36.6. The summed E-state index contributed by atoms with van der Waals surface area (Å²) < 4.78 is 19.2. The zero-order valence-electron chi connectivity index (χ0n) is 26.5. The number of rotatable bonds is 4. The number of ether oxygens (including phenoxy) is 3. The lowest BCUT2D eigenvalue weighted by molar-refractivity contribution is 0.0169. The van der Waals surface area contributed by atoms with Gasteiger partial charge in [0.05, 0.1) is 17.1 Å². The minimum Gasteiger partial charge on any atom is -0.453 e. The number of nitrogens with two attached hydrogens (primary N) is 1. The first kappa shape index (κ1) is 30.2. The number of hydrogen-bond donors (Lipinski definition) is 2. The third-order valence-electron chi connectivity index (χ3n) is 7.95. The SMILES string of the molecule is CC(C)(C)OC(=O)N1CCC[C@@H](n2nc(-c3ccc(NC(=O)c4ccc(C(C)(C)C)cc4)c4c3OCO4)c3c(N)ncnc32)C1. The number of nitrogen functional groups attached to an aromatic ring is 1. The van der Waals surface area contributed by atoms with E-state index in [0.29, 0.717) is 58.1 Å². The third kappa shape index (κ3) is 5.96. The van der Waals surface area contributed by atoms with Gasteiger partial charge in [-0.05, 0) is 68.9 Å². The number of hydrogen-bond acceptors (Lipinski definition) is 9. The van der Waals surface area contributed by atoms with Crippen molar-refractivity contribution in [2.24, 2.45) is 0 Å². The van der Waals surface area contributed by atoms with Gasteiger partial charge >= 0.3 is 6.09 Å². The fraction of sp³-hybridized carbons (Fsp3) is 0.424. The Morgan fingerprint density at radius 3 is 2.44 bits per heavy atom. The maximum atomic E-state index is 13.2. The van der Waals surface area contributed by atoms with E-state index >= 15 is 0 Å². The van der Waals surface area contributed by atoms with Crippen LogP contribution in [0.25, 0.3) is 22.3 Å². The Balaban J connectivity index is 1.33. The van der Waals surface area contributed by atoms with Gasteiger partial charge in [0.25, 0.3) is 5.91 Å². The van der Waals surface area contributed by atoms with Gasteiger partial charge < -0.3 is 30.2 Å². The molecule has 3 N–H and O–H groups in total. The number of aromatic nitrogens is 4. The highest BCUT2D eigenvalue weighted by Gasteiger charge is 2.33. The van der Waals surface area contributed by atoms with Crippen LogP contribution in [0.1, 0.15) is 76.3 Å². The first-order valence-corrected chi connectivity index (χ1v) is 15.1. The summed E-state index contributed by atoms with van der Waals surface area (Å²) in [5, 5.41) is 8.52. The first-order valence-electron chi connectivity index (χ1n) is 15.1. The standard InChI is InChI=1S/C33H39N7O5/c1-32(2,3)20-11-9-19(10-12-20)30(41)37-23-14-13-22(26-27(23)44-18-43-26)25-24-28(34)35-17-36-29(24)40(38-25)21-8-7-15-39(16-21)31(42)45-33(4,5)6/h9-14,17,21H,7-8,15-16,18H2,1-6H3,(H,37,41)(H2,34,35,36)/t21-/m1/s1. The zero-order valence-corrected chi connectivity index (χ0v) is 26.5. The molecule has 4 heterocycles. The van der Waals surface area contributed by atoms with Crippen LogP contribution in [0.2, 0.25) is 0 Å². The molecule has 0 saturated carbocycles. The van der Waals surface area contributed by atoms with E-state index in [4.69, 9.17) is 25.0 Å². The molecule has 12 nitrogen and oxygen atoms in total. The Kier molecular flexibility index (Phi) is 7.54. The molecule has 2 aromatic carbocycles. The van der Waals surface area contributed by atoms with Crippen molar-refractivity contribution in [1.29, 1.82) is 0 Å². The molecule has 0 unspecified atom stereocenters. The van der Waals surface area contributed by atoms with Gasteiger partial charge in [-0.1, -0.05) is 32.9 Å². The van der Waals surface area contributed by atoms with Gasteiger partial charge in [-0.25, -0.2) is 19.4 Å². The monoisotopic (exact) mass is 613 g/mol. The van der Waals surface area contributed by atoms with E-state index in [1.807, 2.05) is 55.8 Å². The molecular formula is C33H39N7O5. The van der Waals surface area contributed by atoms with E-state index in [1.54, 1.807) is 11.0 Å². The molecule has 4 aromatic rings. The van der Waals surface area contributed by atoms with Gasteiger partial charge in [-0.15, -0.1) is 0 Å². The number of piperidine rings is 1. The van der Waals surface area contributed by atoms with Crippen molar-refractivity contribution in [3.05, 3.63) is 53.9 Å². The van der Waals surface area contributed by atoms with Gasteiger partial charge in [-0.3, -0.25) is 4.79 Å². The van der Waals surface area contributed by atoms with Gasteiger partial charge in [0.1, 0.15) is 23.4 Å². The second-order valence-corrected chi connectivity index (χ2v) is 13.5. The second-order valence-electron chi connectivity index (χ2n) is 13.5. The van der Waals surface area contributed by atoms with Crippen molar-refractivity contribution in [2.45, 2.75) is 71.4 Å². The van der Waals surface area contributed by atoms with Crippen molar-refractivity contribution in [3.63, 3.8) is 0 Å². The Morgan fingerprint density at radius 1 is 1.00 bits per heavy atom. The second kappa shape index (κ2) is 11.2. The lowest BCUT2D eigenvalue weighted by Gasteiger charge is -2.34. The summed E-state index contributed by atoms with van der Waals surface area (Å²) in [6.45, 7) is 12.9. The molecule has 1 saturated heterocycles. The molecule has 1 fully saturated rings. The molecule has 2 amide bonds. The van der Waals surface area contributed by atoms with Crippen LogP contribution in [0, 0.1) is 0 Å². The maximum absolute atomic E-state index is 13.2. The Labute approximate surface area is 261 Å². The average Bonchev–Trinajstić information content (AvgIpc) is 3.63. The van der Waals surface area contributed by atoms with E-state index in [2.05, 4.69) is 36.1 Å². The Morgan fingerprint density at radius 2 is 1.73 bits per heavy atom. The summed E-state index contributed by atoms with van der Waals surface area (Å²) in [7, 11) is 0. The fourth-order valence-electron chi connectivity index (χ4n) is 5.68. The quantitative estimate of drug-likeness (QED) is 0.286. The van der Waals surface area contributed by atoms with Gasteiger partial charge in [0, 0.05) is 24.2 Å². The molecule has 0 aliphatic carbocycles. The predicted molar refractivity (Wildman–Crippen MR) is 170 cm³/mol. The van der Waals surface area contributed by atoms with Crippen LogP contribution in [-0.2, 0) is 10.2 Å². The summed E-state index contributed by atoms with van der Waals surface area (Å²) in [6.07, 6.45) is 2.62. The van der Waals surface area contributed by atoms with Gasteiger partial charge in [0.2, 0.25) is 6.79 Å². The fourth-order valence-corrected chi connectivity index (χ4v) is 5.68. The highest BCUT2D eigenvalue weighted by molar-refractivity contribution is 6.06. The lowest BCUT2D eigenvalue weighted by Crippen LogP contribution is -2.43. The van der Waals surface area contributed by atoms with Crippen molar-refractivity contribution in [1.82, 2.24) is 24.6 Å². The number of nitrogens with one attached hydrogen (secondary N) is 1. The maximum Gasteiger partial charge on any atom is 0.410 e. The molecule has 6 rings (SSSR count). The first-order chi connectivity index (χ1) is 21.3. The van der Waals surface area contributed by atoms with E-state index in [-0.39, 0.29) is 36.1 Å². The molecule has 0 bridgehead atoms. The molecular weight excluding hydrogens is 574 g/mol. The highest BCUT2D eigenvalue weighted by atomic mass is 16.7. The van der Waals surface area contributed by atoms with Crippen LogP contribution in [0.3, 0.4) is 0 Å². The van der Waals surface area contributed by atoms with Crippen LogP contribution in [0.5, 0.6) is 11.5 Å². The topological polar surface area (TPSA) is 147 Å². The largest absolute Gasteiger partial charge is 0.453 e. The number of carbonyl (C=O) groups is 2. The van der Waals surface area contributed by atoms with Crippen LogP contribution in [0.4, 0.5) is 16.3 Å². The number of fused-ring (bicyclic) bond motifs is 2. The molecule has 236 valence electrons. The number of nitrogens with zero attached hydrogens (tertiary/aromatic N) is 5. The van der Waals surface area contributed by atoms with Crippen LogP contribution < -0.4 is 20.5 Å². The van der Waals surface area contributed by atoms with Crippen molar-refractivity contribution < 1.29 is 23.8 Å². The molecule has 0 radical (unpaired) electrons. The summed E-state index contributed by atoms with van der Waals surface area (Å²) in [5.74, 6) is 0.841. The van der Waals surface area contributed by atoms with E-state index in [0.717, 1.165) is 18.4 Å². The molecule has 0 spiro atoms. The molecule has 2 aliphatic rings. The van der Waals surface area contributed by atoms with Crippen molar-refractivity contribution in [2.75, 3.05) is 30.9 Å². The molecule has 45 heavy (non-hydrogen) atoms. The highest BCUT2D eigenvalue weighted by Crippen LogP contribution is 2.48.